The summed E-state index contributed by atoms with van der Waals surface area (Å²) in [5, 5.41) is 5.15. The van der Waals surface area contributed by atoms with Gasteiger partial charge in [0.2, 0.25) is 0 Å². The van der Waals surface area contributed by atoms with E-state index in [0.29, 0.717) is 0 Å². The highest BCUT2D eigenvalue weighted by Crippen LogP contribution is 2.65. The Kier molecular flexibility index (Phi) is 5.48. The summed E-state index contributed by atoms with van der Waals surface area (Å²) < 4.78 is 0. The van der Waals surface area contributed by atoms with Gasteiger partial charge < -0.3 is 4.90 Å². The van der Waals surface area contributed by atoms with E-state index >= 15 is 0 Å². The zero-order valence-electron chi connectivity index (χ0n) is 26.1. The van der Waals surface area contributed by atoms with Crippen LogP contribution in [0.2, 0.25) is 0 Å². The standard InChI is InChI=1S/C46H31N/c1-30-19-23-34(24-20-30)47(33-12-3-2-4-13-33)35-25-28-37-32(29-35)22-27-41-40-26-21-31-11-5-6-14-36(31)44(40)46(45(37)41)42-17-9-7-15-38(42)39-16-8-10-18-43(39)46/h2-29H,1H3. The number of anilines is 3. The molecule has 0 aliphatic heterocycles. The maximum Gasteiger partial charge on any atom is 0.0737 e. The van der Waals surface area contributed by atoms with Crippen LogP contribution in [0.3, 0.4) is 0 Å². The van der Waals surface area contributed by atoms with Crippen LogP contribution < -0.4 is 4.90 Å². The number of para-hydroxylation sites is 1. The molecular formula is C46H31N. The summed E-state index contributed by atoms with van der Waals surface area (Å²) in [5.74, 6) is 0. The van der Waals surface area contributed by atoms with E-state index in [1.54, 1.807) is 0 Å². The molecular weight excluding hydrogens is 567 g/mol. The van der Waals surface area contributed by atoms with E-state index < -0.39 is 5.41 Å². The molecule has 1 nitrogen and oxygen atoms in total. The summed E-state index contributed by atoms with van der Waals surface area (Å²) in [6.45, 7) is 2.14. The SMILES string of the molecule is Cc1ccc(N(c2ccccc2)c2ccc3c4c(ccc3c2)-c2ccc3ccccc3c2C42c3ccccc3-c3ccccc32)cc1. The predicted molar refractivity (Wildman–Crippen MR) is 197 cm³/mol. The first-order chi connectivity index (χ1) is 23.2. The molecule has 2 aliphatic carbocycles. The fraction of sp³-hybridized carbons (Fsp3) is 0.0435. The van der Waals surface area contributed by atoms with E-state index in [2.05, 4.69) is 182 Å². The maximum atomic E-state index is 2.38. The highest BCUT2D eigenvalue weighted by molar-refractivity contribution is 6.09. The third-order valence-corrected chi connectivity index (χ3v) is 10.5. The highest BCUT2D eigenvalue weighted by Gasteiger charge is 2.53. The Bertz CT molecular complexity index is 2480. The monoisotopic (exact) mass is 597 g/mol. The maximum absolute atomic E-state index is 2.38. The van der Waals surface area contributed by atoms with Gasteiger partial charge in [-0.3, -0.25) is 0 Å². The van der Waals surface area contributed by atoms with Crippen molar-refractivity contribution in [3.8, 4) is 22.3 Å². The molecule has 0 N–H and O–H groups in total. The first-order valence-electron chi connectivity index (χ1n) is 16.4. The number of benzene rings is 8. The summed E-state index contributed by atoms with van der Waals surface area (Å²) in [6, 6.07) is 63.1. The van der Waals surface area contributed by atoms with Crippen LogP contribution in [-0.4, -0.2) is 0 Å². The Morgan fingerprint density at radius 2 is 0.915 bits per heavy atom. The van der Waals surface area contributed by atoms with Crippen LogP contribution in [0.1, 0.15) is 27.8 Å². The molecule has 2 aliphatic rings. The van der Waals surface area contributed by atoms with E-state index in [1.165, 1.54) is 71.6 Å². The van der Waals surface area contributed by atoms with Crippen LogP contribution >= 0.6 is 0 Å². The van der Waals surface area contributed by atoms with Crippen LogP contribution in [0.4, 0.5) is 17.1 Å². The van der Waals surface area contributed by atoms with Crippen molar-refractivity contribution in [3.05, 3.63) is 198 Å². The lowest BCUT2D eigenvalue weighted by molar-refractivity contribution is 0.809. The lowest BCUT2D eigenvalue weighted by atomic mass is 9.68. The van der Waals surface area contributed by atoms with Crippen molar-refractivity contribution in [2.75, 3.05) is 4.90 Å². The second-order valence-electron chi connectivity index (χ2n) is 13.0. The smallest absolute Gasteiger partial charge is 0.0737 e. The average molecular weight is 598 g/mol. The lowest BCUT2D eigenvalue weighted by Gasteiger charge is -2.32. The van der Waals surface area contributed by atoms with Gasteiger partial charge in [-0.1, -0.05) is 139 Å². The Hall–Kier alpha value is -5.92. The molecule has 220 valence electrons. The Morgan fingerprint density at radius 1 is 0.383 bits per heavy atom. The van der Waals surface area contributed by atoms with Crippen LogP contribution in [0.15, 0.2) is 170 Å². The van der Waals surface area contributed by atoms with E-state index in [1.807, 2.05) is 0 Å². The van der Waals surface area contributed by atoms with Gasteiger partial charge in [-0.25, -0.2) is 0 Å². The van der Waals surface area contributed by atoms with Crippen molar-refractivity contribution >= 4 is 38.6 Å². The second-order valence-corrected chi connectivity index (χ2v) is 13.0. The Balaban J connectivity index is 1.30. The van der Waals surface area contributed by atoms with Crippen LogP contribution in [0, 0.1) is 6.92 Å². The fourth-order valence-electron chi connectivity index (χ4n) is 8.60. The Morgan fingerprint density at radius 3 is 1.62 bits per heavy atom. The topological polar surface area (TPSA) is 3.24 Å². The molecule has 8 aromatic rings. The number of hydrogen-bond donors (Lipinski definition) is 0. The van der Waals surface area contributed by atoms with E-state index in [0.717, 1.165) is 17.1 Å². The molecule has 1 spiro atoms. The zero-order valence-corrected chi connectivity index (χ0v) is 26.1. The van der Waals surface area contributed by atoms with Gasteiger partial charge in [0.25, 0.3) is 0 Å². The molecule has 0 heterocycles. The van der Waals surface area contributed by atoms with Crippen LogP contribution in [0.5, 0.6) is 0 Å². The number of fused-ring (bicyclic) bond motifs is 14. The number of rotatable bonds is 3. The Labute approximate surface area is 275 Å². The van der Waals surface area contributed by atoms with Gasteiger partial charge in [-0.15, -0.1) is 0 Å². The minimum atomic E-state index is -0.421. The normalized spacial score (nSPS) is 13.4. The predicted octanol–water partition coefficient (Wildman–Crippen LogP) is 12.1. The minimum Gasteiger partial charge on any atom is -0.310 e. The summed E-state index contributed by atoms with van der Waals surface area (Å²) >= 11 is 0. The van der Waals surface area contributed by atoms with Gasteiger partial charge in [-0.2, -0.15) is 0 Å². The highest BCUT2D eigenvalue weighted by atomic mass is 15.1. The first kappa shape index (κ1) is 26.3. The summed E-state index contributed by atoms with van der Waals surface area (Å²) in [6.07, 6.45) is 0. The lowest BCUT2D eigenvalue weighted by Crippen LogP contribution is -2.26. The van der Waals surface area contributed by atoms with Gasteiger partial charge >= 0.3 is 0 Å². The summed E-state index contributed by atoms with van der Waals surface area (Å²) in [5.41, 5.74) is 15.2. The van der Waals surface area contributed by atoms with E-state index in [9.17, 15) is 0 Å². The van der Waals surface area contributed by atoms with Crippen molar-refractivity contribution in [3.63, 3.8) is 0 Å². The van der Waals surface area contributed by atoms with Gasteiger partial charge in [-0.05, 0) is 109 Å². The van der Waals surface area contributed by atoms with Crippen molar-refractivity contribution in [2.45, 2.75) is 12.3 Å². The number of hydrogen-bond acceptors (Lipinski definition) is 1. The molecule has 0 bridgehead atoms. The van der Waals surface area contributed by atoms with Gasteiger partial charge in [0.15, 0.2) is 0 Å². The molecule has 0 saturated carbocycles. The zero-order chi connectivity index (χ0) is 31.1. The third kappa shape index (κ3) is 3.54. The van der Waals surface area contributed by atoms with Crippen LogP contribution in [0.25, 0.3) is 43.8 Å². The van der Waals surface area contributed by atoms with Gasteiger partial charge in [0.1, 0.15) is 0 Å². The van der Waals surface area contributed by atoms with Crippen molar-refractivity contribution in [1.82, 2.24) is 0 Å². The molecule has 0 atom stereocenters. The third-order valence-electron chi connectivity index (χ3n) is 10.5. The average Bonchev–Trinajstić information content (AvgIpc) is 3.60. The molecule has 8 aromatic carbocycles. The summed E-state index contributed by atoms with van der Waals surface area (Å²) in [4.78, 5) is 2.37. The second kappa shape index (κ2) is 9.79. The molecule has 0 amide bonds. The number of aryl methyl sites for hydroxylation is 1. The van der Waals surface area contributed by atoms with E-state index in [-0.39, 0.29) is 0 Å². The molecule has 0 unspecified atom stereocenters. The van der Waals surface area contributed by atoms with E-state index in [4.69, 9.17) is 0 Å². The number of nitrogens with zero attached hydrogens (tertiary/aromatic N) is 1. The van der Waals surface area contributed by atoms with Crippen molar-refractivity contribution in [1.29, 1.82) is 0 Å². The van der Waals surface area contributed by atoms with Gasteiger partial charge in [0.05, 0.1) is 5.41 Å². The molecule has 10 rings (SSSR count). The molecule has 0 saturated heterocycles. The van der Waals surface area contributed by atoms with Crippen LogP contribution in [-0.2, 0) is 5.41 Å². The fourth-order valence-corrected chi connectivity index (χ4v) is 8.60. The van der Waals surface area contributed by atoms with Crippen molar-refractivity contribution in [2.24, 2.45) is 0 Å². The summed E-state index contributed by atoms with van der Waals surface area (Å²) in [7, 11) is 0. The van der Waals surface area contributed by atoms with Gasteiger partial charge in [0, 0.05) is 17.1 Å². The molecule has 47 heavy (non-hydrogen) atoms. The molecule has 0 fully saturated rings. The molecule has 1 heteroatoms. The minimum absolute atomic E-state index is 0.421. The molecule has 0 aromatic heterocycles. The molecule has 0 radical (unpaired) electrons. The van der Waals surface area contributed by atoms with Crippen molar-refractivity contribution < 1.29 is 0 Å². The quantitative estimate of drug-likeness (QED) is 0.196. The first-order valence-corrected chi connectivity index (χ1v) is 16.4. The largest absolute Gasteiger partial charge is 0.310 e.